The Kier molecular flexibility index (Phi) is 4.92. The first kappa shape index (κ1) is 17.0. The summed E-state index contributed by atoms with van der Waals surface area (Å²) in [6.45, 7) is 8.42. The minimum atomic E-state index is -0.116. The Morgan fingerprint density at radius 1 is 1.21 bits per heavy atom. The molecule has 0 spiro atoms. The highest BCUT2D eigenvalue weighted by atomic mass is 32.2. The Labute approximate surface area is 150 Å². The van der Waals surface area contributed by atoms with Crippen molar-refractivity contribution in [3.8, 4) is 0 Å². The van der Waals surface area contributed by atoms with E-state index in [1.807, 2.05) is 24.3 Å². The van der Waals surface area contributed by atoms with E-state index in [9.17, 15) is 4.79 Å². The molecule has 1 amide bonds. The number of thioether (sulfide) groups is 1. The molecule has 3 aromatic rings. The molecule has 1 N–H and O–H groups in total. The molecule has 0 fully saturated rings. The highest BCUT2D eigenvalue weighted by Gasteiger charge is 2.12. The average Bonchev–Trinajstić information content (AvgIpc) is 2.94. The molecule has 1 heterocycles. The van der Waals surface area contributed by atoms with Crippen LogP contribution < -0.4 is 5.32 Å². The molecule has 0 bridgehead atoms. The summed E-state index contributed by atoms with van der Waals surface area (Å²) in [4.78, 5) is 18.2. The molecule has 3 rings (SSSR count). The van der Waals surface area contributed by atoms with Crippen molar-refractivity contribution in [2.75, 3.05) is 5.32 Å². The van der Waals surface area contributed by atoms with Gasteiger partial charge in [-0.15, -0.1) is 11.8 Å². The van der Waals surface area contributed by atoms with Crippen molar-refractivity contribution in [1.82, 2.24) is 4.98 Å². The van der Waals surface area contributed by atoms with Gasteiger partial charge in [0.2, 0.25) is 0 Å². The molecule has 5 heteroatoms. The second-order valence-electron chi connectivity index (χ2n) is 6.02. The number of hydrogen-bond donors (Lipinski definition) is 1. The summed E-state index contributed by atoms with van der Waals surface area (Å²) in [6.07, 6.45) is 0. The molecule has 0 atom stereocenters. The van der Waals surface area contributed by atoms with E-state index in [4.69, 9.17) is 0 Å². The van der Waals surface area contributed by atoms with Gasteiger partial charge in [-0.25, -0.2) is 4.98 Å². The van der Waals surface area contributed by atoms with E-state index < -0.39 is 0 Å². The number of amides is 1. The molecule has 124 valence electrons. The number of aryl methyl sites for hydroxylation is 2. The van der Waals surface area contributed by atoms with Crippen LogP contribution in [-0.4, -0.2) is 16.1 Å². The van der Waals surface area contributed by atoms with Crippen LogP contribution in [0.1, 0.15) is 35.3 Å². The lowest BCUT2D eigenvalue weighted by molar-refractivity contribution is 0.102. The molecule has 0 saturated heterocycles. The number of hydrogen-bond acceptors (Lipinski definition) is 4. The number of rotatable bonds is 4. The Bertz CT molecular complexity index is 900. The van der Waals surface area contributed by atoms with Gasteiger partial charge in [0.05, 0.1) is 10.2 Å². The fourth-order valence-corrected chi connectivity index (χ4v) is 4.25. The van der Waals surface area contributed by atoms with E-state index in [0.717, 1.165) is 15.1 Å². The van der Waals surface area contributed by atoms with Gasteiger partial charge >= 0.3 is 0 Å². The number of benzene rings is 2. The van der Waals surface area contributed by atoms with Crippen LogP contribution in [0.25, 0.3) is 10.2 Å². The van der Waals surface area contributed by atoms with Crippen molar-refractivity contribution >= 4 is 44.4 Å². The second kappa shape index (κ2) is 6.95. The number of nitrogens with one attached hydrogen (secondary N) is 1. The molecule has 0 aliphatic carbocycles. The molecule has 0 radical (unpaired) electrons. The predicted molar refractivity (Wildman–Crippen MR) is 104 cm³/mol. The summed E-state index contributed by atoms with van der Waals surface area (Å²) in [7, 11) is 0. The maximum absolute atomic E-state index is 12.5. The Morgan fingerprint density at radius 3 is 2.75 bits per heavy atom. The minimum Gasteiger partial charge on any atom is -0.298 e. The zero-order valence-electron chi connectivity index (χ0n) is 14.2. The Balaban J connectivity index is 1.83. The fourth-order valence-electron chi connectivity index (χ4n) is 2.43. The molecule has 0 aliphatic rings. The monoisotopic (exact) mass is 356 g/mol. The van der Waals surface area contributed by atoms with E-state index in [0.29, 0.717) is 15.9 Å². The summed E-state index contributed by atoms with van der Waals surface area (Å²) in [5.74, 6) is -0.116. The zero-order valence-corrected chi connectivity index (χ0v) is 15.8. The quantitative estimate of drug-likeness (QED) is 0.613. The van der Waals surface area contributed by atoms with Crippen molar-refractivity contribution in [3.05, 3.63) is 53.1 Å². The Hall–Kier alpha value is -1.85. The van der Waals surface area contributed by atoms with Crippen LogP contribution in [0.3, 0.4) is 0 Å². The van der Waals surface area contributed by atoms with Crippen LogP contribution in [0.5, 0.6) is 0 Å². The van der Waals surface area contributed by atoms with Gasteiger partial charge in [0.1, 0.15) is 0 Å². The molecular weight excluding hydrogens is 336 g/mol. The van der Waals surface area contributed by atoms with E-state index in [2.05, 4.69) is 50.1 Å². The molecule has 2 aromatic carbocycles. The molecule has 0 saturated carbocycles. The summed E-state index contributed by atoms with van der Waals surface area (Å²) in [5.41, 5.74) is 4.01. The van der Waals surface area contributed by atoms with E-state index >= 15 is 0 Å². The lowest BCUT2D eigenvalue weighted by atomic mass is 10.1. The first-order chi connectivity index (χ1) is 11.4. The highest BCUT2D eigenvalue weighted by Crippen LogP contribution is 2.30. The topological polar surface area (TPSA) is 42.0 Å². The summed E-state index contributed by atoms with van der Waals surface area (Å²) in [6, 6.07) is 11.9. The van der Waals surface area contributed by atoms with Gasteiger partial charge in [0.25, 0.3) is 5.91 Å². The molecule has 0 unspecified atom stereocenters. The van der Waals surface area contributed by atoms with Crippen molar-refractivity contribution in [1.29, 1.82) is 0 Å². The molecule has 24 heavy (non-hydrogen) atoms. The van der Waals surface area contributed by atoms with E-state index in [-0.39, 0.29) is 5.91 Å². The maximum atomic E-state index is 12.5. The van der Waals surface area contributed by atoms with Gasteiger partial charge in [0.15, 0.2) is 5.13 Å². The Morgan fingerprint density at radius 2 is 2.00 bits per heavy atom. The average molecular weight is 357 g/mol. The second-order valence-corrected chi connectivity index (χ2v) is 8.70. The van der Waals surface area contributed by atoms with Crippen LogP contribution in [0.15, 0.2) is 41.3 Å². The van der Waals surface area contributed by atoms with Gasteiger partial charge in [0, 0.05) is 15.7 Å². The van der Waals surface area contributed by atoms with Crippen LogP contribution in [0, 0.1) is 13.8 Å². The van der Waals surface area contributed by atoms with Crippen molar-refractivity contribution in [2.45, 2.75) is 37.8 Å². The lowest BCUT2D eigenvalue weighted by Crippen LogP contribution is -2.11. The van der Waals surface area contributed by atoms with Gasteiger partial charge in [-0.2, -0.15) is 0 Å². The third-order valence-corrected chi connectivity index (χ3v) is 5.71. The van der Waals surface area contributed by atoms with Crippen LogP contribution >= 0.6 is 23.1 Å². The van der Waals surface area contributed by atoms with Crippen LogP contribution in [0.2, 0.25) is 0 Å². The number of carbonyl (C=O) groups is 1. The highest BCUT2D eigenvalue weighted by molar-refractivity contribution is 7.99. The number of thiazole rings is 1. The zero-order chi connectivity index (χ0) is 17.3. The molecular formula is C19H20N2OS2. The predicted octanol–water partition coefficient (Wildman–Crippen LogP) is 5.67. The van der Waals surface area contributed by atoms with Crippen LogP contribution in [0.4, 0.5) is 5.13 Å². The van der Waals surface area contributed by atoms with Crippen molar-refractivity contribution in [2.24, 2.45) is 0 Å². The van der Waals surface area contributed by atoms with Crippen molar-refractivity contribution in [3.63, 3.8) is 0 Å². The minimum absolute atomic E-state index is 0.116. The normalized spacial score (nSPS) is 11.2. The van der Waals surface area contributed by atoms with Gasteiger partial charge in [-0.1, -0.05) is 37.3 Å². The number of nitrogens with zero attached hydrogens (tertiary/aromatic N) is 1. The maximum Gasteiger partial charge on any atom is 0.257 e. The number of anilines is 1. The summed E-state index contributed by atoms with van der Waals surface area (Å²) < 4.78 is 1.09. The fraction of sp³-hybridized carbons (Fsp3) is 0.263. The van der Waals surface area contributed by atoms with Crippen LogP contribution in [-0.2, 0) is 0 Å². The lowest BCUT2D eigenvalue weighted by Gasteiger charge is -2.07. The smallest absolute Gasteiger partial charge is 0.257 e. The molecule has 1 aromatic heterocycles. The third-order valence-electron chi connectivity index (χ3n) is 3.77. The third kappa shape index (κ3) is 3.62. The first-order valence-corrected chi connectivity index (χ1v) is 9.58. The SMILES string of the molecule is Cc1ccc2sc(NC(=O)c3cccc(SC(C)C)c3)nc2c1C. The molecule has 0 aliphatic heterocycles. The number of carbonyl (C=O) groups excluding carboxylic acids is 1. The van der Waals surface area contributed by atoms with E-state index in [1.165, 1.54) is 22.5 Å². The summed E-state index contributed by atoms with van der Waals surface area (Å²) in [5, 5.41) is 4.06. The first-order valence-electron chi connectivity index (χ1n) is 7.89. The molecule has 3 nitrogen and oxygen atoms in total. The number of fused-ring (bicyclic) bond motifs is 1. The standard InChI is InChI=1S/C19H20N2OS2/c1-11(2)23-15-7-5-6-14(10-15)18(22)21-19-20-17-13(4)12(3)8-9-16(17)24-19/h5-11H,1-4H3,(H,20,21,22). The van der Waals surface area contributed by atoms with Gasteiger partial charge < -0.3 is 0 Å². The van der Waals surface area contributed by atoms with E-state index in [1.54, 1.807) is 11.8 Å². The van der Waals surface area contributed by atoms with Gasteiger partial charge in [-0.3, -0.25) is 10.1 Å². The largest absolute Gasteiger partial charge is 0.298 e. The van der Waals surface area contributed by atoms with Gasteiger partial charge in [-0.05, 0) is 49.2 Å². The van der Waals surface area contributed by atoms with Crippen molar-refractivity contribution < 1.29 is 4.79 Å². The summed E-state index contributed by atoms with van der Waals surface area (Å²) >= 11 is 3.26. The number of aromatic nitrogens is 1.